The molecule has 3 N–H and O–H groups in total. The van der Waals surface area contributed by atoms with Crippen LogP contribution in [0.5, 0.6) is 17.2 Å². The van der Waals surface area contributed by atoms with Crippen molar-refractivity contribution in [1.82, 2.24) is 5.32 Å². The first kappa shape index (κ1) is 31.2. The van der Waals surface area contributed by atoms with Gasteiger partial charge >= 0.3 is 6.09 Å². The predicted molar refractivity (Wildman–Crippen MR) is 155 cm³/mol. The highest BCUT2D eigenvalue weighted by molar-refractivity contribution is 6.13. The number of carbonyl (C=O) groups is 3. The first-order valence-electron chi connectivity index (χ1n) is 12.7. The highest BCUT2D eigenvalue weighted by Crippen LogP contribution is 2.29. The Morgan fingerprint density at radius 3 is 2.07 bits per heavy atom. The zero-order valence-electron chi connectivity index (χ0n) is 23.8. The Hall–Kier alpha value is -5.33. The summed E-state index contributed by atoms with van der Waals surface area (Å²) in [5.41, 5.74) is -0.593. The van der Waals surface area contributed by atoms with Crippen molar-refractivity contribution in [1.29, 1.82) is 0 Å². The minimum absolute atomic E-state index is 0.0118. The van der Waals surface area contributed by atoms with Gasteiger partial charge in [0.2, 0.25) is 0 Å². The van der Waals surface area contributed by atoms with E-state index in [0.29, 0.717) is 17.2 Å². The van der Waals surface area contributed by atoms with Gasteiger partial charge in [-0.1, -0.05) is 0 Å². The number of hydrogen-bond acceptors (Lipinski definition) is 9. The second-order valence-electron chi connectivity index (χ2n) is 9.76. The average molecular weight is 581 g/mol. The summed E-state index contributed by atoms with van der Waals surface area (Å²) < 4.78 is 21.3. The zero-order chi connectivity index (χ0) is 30.9. The SMILES string of the molecule is COc1ccc(NC(=O)c2ccc([N+](=O)[O-])cc2NC(=O)c2ccc(OC)cc2OCCNC(=O)OC(C)(C)C)cc1. The number of methoxy groups -OCH3 is 2. The van der Waals surface area contributed by atoms with Crippen LogP contribution < -0.4 is 30.2 Å². The van der Waals surface area contributed by atoms with Gasteiger partial charge in [0.15, 0.2) is 0 Å². The third-order valence-corrected chi connectivity index (χ3v) is 5.52. The fraction of sp³-hybridized carbons (Fsp3) is 0.276. The number of ether oxygens (including phenoxy) is 4. The summed E-state index contributed by atoms with van der Waals surface area (Å²) in [6.07, 6.45) is -0.624. The van der Waals surface area contributed by atoms with Gasteiger partial charge in [-0.3, -0.25) is 19.7 Å². The maximum Gasteiger partial charge on any atom is 0.407 e. The number of anilines is 2. The molecule has 222 valence electrons. The predicted octanol–water partition coefficient (Wildman–Crippen LogP) is 5.02. The third kappa shape index (κ3) is 8.84. The lowest BCUT2D eigenvalue weighted by Gasteiger charge is -2.20. The maximum absolute atomic E-state index is 13.4. The van der Waals surface area contributed by atoms with E-state index in [9.17, 15) is 24.5 Å². The highest BCUT2D eigenvalue weighted by Gasteiger charge is 2.21. The van der Waals surface area contributed by atoms with E-state index in [1.807, 2.05) is 0 Å². The van der Waals surface area contributed by atoms with Crippen molar-refractivity contribution in [3.8, 4) is 17.2 Å². The van der Waals surface area contributed by atoms with Crippen LogP contribution >= 0.6 is 0 Å². The molecule has 0 bridgehead atoms. The van der Waals surface area contributed by atoms with Crippen molar-refractivity contribution in [2.45, 2.75) is 26.4 Å². The van der Waals surface area contributed by atoms with Crippen molar-refractivity contribution in [2.24, 2.45) is 0 Å². The van der Waals surface area contributed by atoms with Crippen molar-refractivity contribution in [3.05, 3.63) is 81.9 Å². The van der Waals surface area contributed by atoms with E-state index in [2.05, 4.69) is 16.0 Å². The van der Waals surface area contributed by atoms with E-state index in [1.54, 1.807) is 45.0 Å². The first-order valence-corrected chi connectivity index (χ1v) is 12.7. The molecule has 0 aromatic heterocycles. The Morgan fingerprint density at radius 1 is 0.833 bits per heavy atom. The maximum atomic E-state index is 13.4. The van der Waals surface area contributed by atoms with E-state index in [0.717, 1.165) is 12.1 Å². The van der Waals surface area contributed by atoms with Crippen molar-refractivity contribution in [2.75, 3.05) is 38.0 Å². The molecule has 0 radical (unpaired) electrons. The Labute approximate surface area is 242 Å². The van der Waals surface area contributed by atoms with E-state index in [-0.39, 0.29) is 41.4 Å². The Bertz CT molecular complexity index is 1450. The minimum Gasteiger partial charge on any atom is -0.497 e. The van der Waals surface area contributed by atoms with Gasteiger partial charge in [-0.05, 0) is 63.2 Å². The number of benzene rings is 3. The molecule has 0 saturated carbocycles. The Morgan fingerprint density at radius 2 is 1.45 bits per heavy atom. The minimum atomic E-state index is -0.702. The molecule has 13 heteroatoms. The normalized spacial score (nSPS) is 10.7. The van der Waals surface area contributed by atoms with Crippen LogP contribution in [0.3, 0.4) is 0 Å². The second-order valence-corrected chi connectivity index (χ2v) is 9.76. The summed E-state index contributed by atoms with van der Waals surface area (Å²) in [7, 11) is 2.96. The van der Waals surface area contributed by atoms with Gasteiger partial charge < -0.3 is 34.9 Å². The number of amides is 3. The van der Waals surface area contributed by atoms with Gasteiger partial charge in [0.05, 0.1) is 42.5 Å². The molecular formula is C29H32N4O9. The summed E-state index contributed by atoms with van der Waals surface area (Å²) in [5, 5.41) is 19.3. The van der Waals surface area contributed by atoms with E-state index < -0.39 is 28.4 Å². The molecule has 0 aliphatic heterocycles. The molecule has 3 amide bonds. The van der Waals surface area contributed by atoms with E-state index in [1.165, 1.54) is 38.5 Å². The summed E-state index contributed by atoms with van der Waals surface area (Å²) in [5.74, 6) is -0.199. The number of rotatable bonds is 11. The molecule has 42 heavy (non-hydrogen) atoms. The Balaban J connectivity index is 1.81. The van der Waals surface area contributed by atoms with Crippen LogP contribution in [-0.2, 0) is 4.74 Å². The summed E-state index contributed by atoms with van der Waals surface area (Å²) in [6.45, 7) is 5.27. The molecule has 0 fully saturated rings. The van der Waals surface area contributed by atoms with Crippen molar-refractivity contribution < 1.29 is 38.3 Å². The van der Waals surface area contributed by atoms with Crippen LogP contribution in [0.2, 0.25) is 0 Å². The Kier molecular flexibility index (Phi) is 10.3. The summed E-state index contributed by atoms with van der Waals surface area (Å²) in [6, 6.07) is 14.5. The van der Waals surface area contributed by atoms with Crippen LogP contribution in [0.25, 0.3) is 0 Å². The molecule has 3 aromatic carbocycles. The standard InChI is InChI=1S/C29H32N4O9/c1-29(2,3)42-28(36)30-14-15-41-25-17-21(40-5)11-13-23(25)27(35)32-24-16-19(33(37)38)8-12-22(24)26(34)31-18-6-9-20(39-4)10-7-18/h6-13,16-17H,14-15H2,1-5H3,(H,30,36)(H,31,34)(H,32,35). The lowest BCUT2D eigenvalue weighted by Crippen LogP contribution is -2.34. The fourth-order valence-corrected chi connectivity index (χ4v) is 3.57. The molecule has 0 saturated heterocycles. The van der Waals surface area contributed by atoms with E-state index >= 15 is 0 Å². The zero-order valence-corrected chi connectivity index (χ0v) is 23.8. The van der Waals surface area contributed by atoms with Crippen LogP contribution in [0.15, 0.2) is 60.7 Å². The smallest absolute Gasteiger partial charge is 0.407 e. The van der Waals surface area contributed by atoms with Crippen LogP contribution in [-0.4, -0.2) is 55.8 Å². The first-order chi connectivity index (χ1) is 19.9. The van der Waals surface area contributed by atoms with Gasteiger partial charge in [-0.25, -0.2) is 4.79 Å². The monoisotopic (exact) mass is 580 g/mol. The van der Waals surface area contributed by atoms with Gasteiger partial charge in [-0.15, -0.1) is 0 Å². The lowest BCUT2D eigenvalue weighted by atomic mass is 10.1. The number of nitrogens with one attached hydrogen (secondary N) is 3. The second kappa shape index (κ2) is 13.8. The molecule has 0 unspecified atom stereocenters. The summed E-state index contributed by atoms with van der Waals surface area (Å²) >= 11 is 0. The van der Waals surface area contributed by atoms with Crippen molar-refractivity contribution >= 4 is 35.0 Å². The van der Waals surface area contributed by atoms with Crippen LogP contribution in [0.1, 0.15) is 41.5 Å². The molecule has 0 atom stereocenters. The summed E-state index contributed by atoms with van der Waals surface area (Å²) in [4.78, 5) is 49.2. The molecule has 0 spiro atoms. The lowest BCUT2D eigenvalue weighted by molar-refractivity contribution is -0.384. The topological polar surface area (TPSA) is 167 Å². The number of alkyl carbamates (subject to hydrolysis) is 1. The van der Waals surface area contributed by atoms with Crippen LogP contribution in [0.4, 0.5) is 21.9 Å². The number of nitrogens with zero attached hydrogens (tertiary/aromatic N) is 1. The van der Waals surface area contributed by atoms with Gasteiger partial charge in [0, 0.05) is 23.9 Å². The van der Waals surface area contributed by atoms with Crippen LogP contribution in [0, 0.1) is 10.1 Å². The number of nitro benzene ring substituents is 1. The molecular weight excluding hydrogens is 548 g/mol. The van der Waals surface area contributed by atoms with Gasteiger partial charge in [0.1, 0.15) is 29.5 Å². The van der Waals surface area contributed by atoms with Gasteiger partial charge in [0.25, 0.3) is 17.5 Å². The number of non-ortho nitro benzene ring substituents is 1. The third-order valence-electron chi connectivity index (χ3n) is 5.52. The molecule has 3 aromatic rings. The largest absolute Gasteiger partial charge is 0.497 e. The molecule has 0 heterocycles. The van der Waals surface area contributed by atoms with E-state index in [4.69, 9.17) is 18.9 Å². The van der Waals surface area contributed by atoms with Crippen molar-refractivity contribution in [3.63, 3.8) is 0 Å². The average Bonchev–Trinajstić information content (AvgIpc) is 2.94. The number of carbonyl (C=O) groups excluding carboxylic acids is 3. The number of nitro groups is 1. The van der Waals surface area contributed by atoms with Gasteiger partial charge in [-0.2, -0.15) is 0 Å². The quantitative estimate of drug-likeness (QED) is 0.160. The molecule has 13 nitrogen and oxygen atoms in total. The highest BCUT2D eigenvalue weighted by atomic mass is 16.6. The molecule has 0 aliphatic rings. The molecule has 0 aliphatic carbocycles. The molecule has 3 rings (SSSR count). The number of hydrogen-bond donors (Lipinski definition) is 3. The fourth-order valence-electron chi connectivity index (χ4n) is 3.57.